The van der Waals surface area contributed by atoms with Crippen LogP contribution >= 0.6 is 0 Å². The van der Waals surface area contributed by atoms with E-state index in [-0.39, 0.29) is 13.2 Å². The van der Waals surface area contributed by atoms with Gasteiger partial charge in [0.15, 0.2) is 0 Å². The maximum Gasteiger partial charge on any atom is 0.0462 e. The molecule has 0 fully saturated rings. The van der Waals surface area contributed by atoms with E-state index >= 15 is 0 Å². The lowest BCUT2D eigenvalue weighted by atomic mass is 9.94. The number of allylic oxidation sites excluding steroid dienone is 2. The van der Waals surface area contributed by atoms with Gasteiger partial charge in [-0.15, -0.1) is 0 Å². The SMILES string of the molecule is OCC1CC=CCC(CO)C1. The minimum Gasteiger partial charge on any atom is -0.396 e. The highest BCUT2D eigenvalue weighted by Crippen LogP contribution is 2.22. The summed E-state index contributed by atoms with van der Waals surface area (Å²) in [5.74, 6) is 0.733. The van der Waals surface area contributed by atoms with Gasteiger partial charge in [0.2, 0.25) is 0 Å². The van der Waals surface area contributed by atoms with Crippen LogP contribution < -0.4 is 0 Å². The Hall–Kier alpha value is -0.340. The lowest BCUT2D eigenvalue weighted by Crippen LogP contribution is -2.12. The maximum absolute atomic E-state index is 8.91. The first-order valence-corrected chi connectivity index (χ1v) is 4.23. The predicted octanol–water partition coefficient (Wildman–Crippen LogP) is 0.944. The van der Waals surface area contributed by atoms with Gasteiger partial charge >= 0.3 is 0 Å². The first-order chi connectivity index (χ1) is 5.36. The van der Waals surface area contributed by atoms with Crippen molar-refractivity contribution >= 4 is 0 Å². The Morgan fingerprint density at radius 2 is 1.45 bits per heavy atom. The molecule has 1 aliphatic carbocycles. The zero-order valence-electron chi connectivity index (χ0n) is 6.74. The second-order valence-corrected chi connectivity index (χ2v) is 3.28. The summed E-state index contributed by atoms with van der Waals surface area (Å²) in [6.07, 6.45) is 7.10. The van der Waals surface area contributed by atoms with Crippen molar-refractivity contribution in [2.45, 2.75) is 19.3 Å². The second kappa shape index (κ2) is 4.52. The molecule has 0 aromatic carbocycles. The van der Waals surface area contributed by atoms with Gasteiger partial charge < -0.3 is 10.2 Å². The van der Waals surface area contributed by atoms with Gasteiger partial charge in [-0.3, -0.25) is 0 Å². The third kappa shape index (κ3) is 2.64. The molecule has 0 heterocycles. The van der Waals surface area contributed by atoms with Crippen molar-refractivity contribution in [3.8, 4) is 0 Å². The van der Waals surface area contributed by atoms with Crippen LogP contribution in [0.1, 0.15) is 19.3 Å². The van der Waals surface area contributed by atoms with Gasteiger partial charge in [0.1, 0.15) is 0 Å². The molecule has 1 rings (SSSR count). The van der Waals surface area contributed by atoms with Crippen LogP contribution in [0.15, 0.2) is 12.2 Å². The molecule has 0 aliphatic heterocycles. The van der Waals surface area contributed by atoms with E-state index in [1.165, 1.54) is 0 Å². The van der Waals surface area contributed by atoms with Crippen molar-refractivity contribution in [2.24, 2.45) is 11.8 Å². The van der Waals surface area contributed by atoms with E-state index in [1.54, 1.807) is 0 Å². The van der Waals surface area contributed by atoms with Gasteiger partial charge in [-0.1, -0.05) is 12.2 Å². The van der Waals surface area contributed by atoms with Crippen LogP contribution in [0, 0.1) is 11.8 Å². The normalized spacial score (nSPS) is 31.8. The first-order valence-electron chi connectivity index (χ1n) is 4.23. The highest BCUT2D eigenvalue weighted by atomic mass is 16.3. The molecule has 1 aliphatic rings. The third-order valence-electron chi connectivity index (χ3n) is 2.29. The van der Waals surface area contributed by atoms with E-state index in [4.69, 9.17) is 10.2 Å². The number of aliphatic hydroxyl groups excluding tert-OH is 2. The molecule has 0 aromatic heterocycles. The Morgan fingerprint density at radius 3 is 1.82 bits per heavy atom. The molecule has 0 aromatic rings. The molecular weight excluding hydrogens is 140 g/mol. The van der Waals surface area contributed by atoms with Gasteiger partial charge in [0, 0.05) is 13.2 Å². The molecule has 11 heavy (non-hydrogen) atoms. The molecule has 0 radical (unpaired) electrons. The minimum absolute atomic E-state index is 0.251. The summed E-state index contributed by atoms with van der Waals surface area (Å²) in [5.41, 5.74) is 0. The molecular formula is C9H16O2. The fourth-order valence-electron chi connectivity index (χ4n) is 1.54. The number of rotatable bonds is 2. The van der Waals surface area contributed by atoms with Crippen molar-refractivity contribution in [3.63, 3.8) is 0 Å². The first kappa shape index (κ1) is 8.75. The molecule has 2 atom stereocenters. The van der Waals surface area contributed by atoms with E-state index in [9.17, 15) is 0 Å². The van der Waals surface area contributed by atoms with Gasteiger partial charge in [-0.2, -0.15) is 0 Å². The zero-order valence-corrected chi connectivity index (χ0v) is 6.74. The Kier molecular flexibility index (Phi) is 3.60. The Balaban J connectivity index is 2.41. The van der Waals surface area contributed by atoms with Crippen LogP contribution in [0.4, 0.5) is 0 Å². The largest absolute Gasteiger partial charge is 0.396 e. The fourth-order valence-corrected chi connectivity index (χ4v) is 1.54. The predicted molar refractivity (Wildman–Crippen MR) is 44.1 cm³/mol. The van der Waals surface area contributed by atoms with Gasteiger partial charge in [-0.05, 0) is 31.1 Å². The molecule has 2 unspecified atom stereocenters. The Labute approximate surface area is 67.6 Å². The minimum atomic E-state index is 0.251. The molecule has 0 saturated carbocycles. The smallest absolute Gasteiger partial charge is 0.0462 e. The molecule has 2 N–H and O–H groups in total. The molecule has 0 bridgehead atoms. The van der Waals surface area contributed by atoms with Crippen molar-refractivity contribution in [1.82, 2.24) is 0 Å². The lowest BCUT2D eigenvalue weighted by molar-refractivity contribution is 0.166. The zero-order chi connectivity index (χ0) is 8.10. The van der Waals surface area contributed by atoms with E-state index in [0.717, 1.165) is 19.3 Å². The summed E-state index contributed by atoms with van der Waals surface area (Å²) in [5, 5.41) is 17.8. The topological polar surface area (TPSA) is 40.5 Å². The molecule has 0 spiro atoms. The van der Waals surface area contributed by atoms with Gasteiger partial charge in [0.25, 0.3) is 0 Å². The lowest BCUT2D eigenvalue weighted by Gasteiger charge is -2.15. The summed E-state index contributed by atoms with van der Waals surface area (Å²) in [4.78, 5) is 0. The molecule has 0 saturated heterocycles. The monoisotopic (exact) mass is 156 g/mol. The van der Waals surface area contributed by atoms with Crippen LogP contribution in [0.5, 0.6) is 0 Å². The number of hydrogen-bond donors (Lipinski definition) is 2. The average Bonchev–Trinajstić information content (AvgIpc) is 2.28. The standard InChI is InChI=1S/C9H16O2/c10-6-8-3-1-2-4-9(5-8)7-11/h1-2,8-11H,3-7H2. The summed E-state index contributed by atoms with van der Waals surface area (Å²) in [7, 11) is 0. The van der Waals surface area contributed by atoms with E-state index < -0.39 is 0 Å². The summed E-state index contributed by atoms with van der Waals surface area (Å²) < 4.78 is 0. The van der Waals surface area contributed by atoms with Crippen LogP contribution in [0.3, 0.4) is 0 Å². The summed E-state index contributed by atoms with van der Waals surface area (Å²) in [6, 6.07) is 0. The Morgan fingerprint density at radius 1 is 1.00 bits per heavy atom. The van der Waals surface area contributed by atoms with E-state index in [1.807, 2.05) is 0 Å². The van der Waals surface area contributed by atoms with Gasteiger partial charge in [0.05, 0.1) is 0 Å². The average molecular weight is 156 g/mol. The van der Waals surface area contributed by atoms with Crippen LogP contribution in [-0.4, -0.2) is 23.4 Å². The molecule has 64 valence electrons. The summed E-state index contributed by atoms with van der Waals surface area (Å²) in [6.45, 7) is 0.502. The van der Waals surface area contributed by atoms with Crippen LogP contribution in [0.25, 0.3) is 0 Å². The van der Waals surface area contributed by atoms with Gasteiger partial charge in [-0.25, -0.2) is 0 Å². The maximum atomic E-state index is 8.91. The van der Waals surface area contributed by atoms with Crippen molar-refractivity contribution in [1.29, 1.82) is 0 Å². The van der Waals surface area contributed by atoms with Crippen LogP contribution in [0.2, 0.25) is 0 Å². The number of aliphatic hydroxyl groups is 2. The quantitative estimate of drug-likeness (QED) is 0.584. The molecule has 2 nitrogen and oxygen atoms in total. The number of hydrogen-bond acceptors (Lipinski definition) is 2. The van der Waals surface area contributed by atoms with Crippen molar-refractivity contribution < 1.29 is 10.2 Å². The van der Waals surface area contributed by atoms with Crippen molar-refractivity contribution in [2.75, 3.05) is 13.2 Å². The molecule has 0 amide bonds. The van der Waals surface area contributed by atoms with Crippen molar-refractivity contribution in [3.05, 3.63) is 12.2 Å². The molecule has 2 heteroatoms. The fraction of sp³-hybridized carbons (Fsp3) is 0.778. The Bertz CT molecular complexity index is 118. The summed E-state index contributed by atoms with van der Waals surface area (Å²) >= 11 is 0. The van der Waals surface area contributed by atoms with Crippen LogP contribution in [-0.2, 0) is 0 Å². The second-order valence-electron chi connectivity index (χ2n) is 3.28. The third-order valence-corrected chi connectivity index (χ3v) is 2.29. The highest BCUT2D eigenvalue weighted by Gasteiger charge is 2.15. The van der Waals surface area contributed by atoms with E-state index in [0.29, 0.717) is 11.8 Å². The highest BCUT2D eigenvalue weighted by molar-refractivity contribution is 4.90. The van der Waals surface area contributed by atoms with E-state index in [2.05, 4.69) is 12.2 Å².